The average Bonchev–Trinajstić information content (AvgIpc) is 3.07. The predicted octanol–water partition coefficient (Wildman–Crippen LogP) is 4.08. The minimum absolute atomic E-state index is 0.222. The van der Waals surface area contributed by atoms with E-state index >= 15 is 0 Å². The number of hydrogen-bond donors (Lipinski definition) is 1. The molecule has 24 heavy (non-hydrogen) atoms. The summed E-state index contributed by atoms with van der Waals surface area (Å²) in [5, 5.41) is 0. The highest BCUT2D eigenvalue weighted by atomic mass is 19.4. The quantitative estimate of drug-likeness (QED) is 0.765. The highest BCUT2D eigenvalue weighted by molar-refractivity contribution is 5.41. The first kappa shape index (κ1) is 16.0. The molecule has 1 aromatic carbocycles. The topological polar surface area (TPSA) is 50.8 Å². The van der Waals surface area contributed by atoms with Crippen LogP contribution in [0.2, 0.25) is 0 Å². The minimum atomic E-state index is -4.75. The van der Waals surface area contributed by atoms with Gasteiger partial charge < -0.3 is 9.72 Å². The van der Waals surface area contributed by atoms with Crippen molar-refractivity contribution in [2.75, 3.05) is 0 Å². The Labute approximate surface area is 136 Å². The van der Waals surface area contributed by atoms with Gasteiger partial charge in [0.05, 0.1) is 6.33 Å². The molecule has 3 aromatic rings. The zero-order chi connectivity index (χ0) is 17.0. The van der Waals surface area contributed by atoms with Crippen molar-refractivity contribution in [2.24, 2.45) is 0 Å². The lowest BCUT2D eigenvalue weighted by molar-refractivity contribution is -0.274. The molecule has 0 radical (unpaired) electrons. The van der Waals surface area contributed by atoms with Crippen LogP contribution in [-0.2, 0) is 6.42 Å². The van der Waals surface area contributed by atoms with Crippen LogP contribution in [0.4, 0.5) is 13.2 Å². The van der Waals surface area contributed by atoms with Gasteiger partial charge in [0, 0.05) is 41.7 Å². The van der Waals surface area contributed by atoms with E-state index in [2.05, 4.69) is 19.7 Å². The molecule has 0 fully saturated rings. The first-order chi connectivity index (χ1) is 11.5. The fourth-order valence-corrected chi connectivity index (χ4v) is 2.56. The molecule has 0 saturated heterocycles. The SMILES string of the molecule is FC(F)(F)Oc1ccccc1[C@H](Cc1ccccn1)c1cnc[nH]1. The largest absolute Gasteiger partial charge is 0.573 e. The molecule has 4 nitrogen and oxygen atoms in total. The normalized spacial score (nSPS) is 12.8. The number of rotatable bonds is 5. The van der Waals surface area contributed by atoms with Crippen molar-refractivity contribution in [2.45, 2.75) is 18.7 Å². The molecule has 1 atom stereocenters. The molecule has 7 heteroatoms. The summed E-state index contributed by atoms with van der Waals surface area (Å²) in [5.41, 5.74) is 1.88. The van der Waals surface area contributed by atoms with Gasteiger partial charge in [-0.1, -0.05) is 24.3 Å². The lowest BCUT2D eigenvalue weighted by Crippen LogP contribution is -2.19. The lowest BCUT2D eigenvalue weighted by Gasteiger charge is -2.20. The molecule has 0 unspecified atom stereocenters. The van der Waals surface area contributed by atoms with Gasteiger partial charge >= 0.3 is 6.36 Å². The number of H-pyrrole nitrogens is 1. The molecular weight excluding hydrogens is 319 g/mol. The van der Waals surface area contributed by atoms with Gasteiger partial charge in [0.1, 0.15) is 5.75 Å². The van der Waals surface area contributed by atoms with Crippen LogP contribution in [0.5, 0.6) is 5.75 Å². The number of benzene rings is 1. The second-order valence-corrected chi connectivity index (χ2v) is 5.17. The molecule has 0 aliphatic heterocycles. The van der Waals surface area contributed by atoms with Crippen molar-refractivity contribution in [3.63, 3.8) is 0 Å². The van der Waals surface area contributed by atoms with Crippen LogP contribution >= 0.6 is 0 Å². The molecular formula is C17H14F3N3O. The van der Waals surface area contributed by atoms with E-state index in [1.165, 1.54) is 18.5 Å². The number of hydrogen-bond acceptors (Lipinski definition) is 3. The average molecular weight is 333 g/mol. The van der Waals surface area contributed by atoms with Crippen molar-refractivity contribution in [1.29, 1.82) is 0 Å². The predicted molar refractivity (Wildman–Crippen MR) is 81.5 cm³/mol. The van der Waals surface area contributed by atoms with Crippen molar-refractivity contribution >= 4 is 0 Å². The number of ether oxygens (including phenoxy) is 1. The Morgan fingerprint density at radius 1 is 1.08 bits per heavy atom. The summed E-state index contributed by atoms with van der Waals surface area (Å²) in [7, 11) is 0. The Morgan fingerprint density at radius 2 is 1.88 bits per heavy atom. The number of pyridine rings is 1. The molecule has 0 spiro atoms. The molecule has 2 heterocycles. The van der Waals surface area contributed by atoms with E-state index in [1.54, 1.807) is 30.6 Å². The van der Waals surface area contributed by atoms with E-state index in [9.17, 15) is 13.2 Å². The molecule has 0 amide bonds. The molecule has 0 aliphatic carbocycles. The molecule has 1 N–H and O–H groups in total. The van der Waals surface area contributed by atoms with E-state index in [0.717, 1.165) is 5.69 Å². The van der Waals surface area contributed by atoms with Crippen LogP contribution < -0.4 is 4.74 Å². The molecule has 2 aromatic heterocycles. The number of nitrogens with zero attached hydrogens (tertiary/aromatic N) is 2. The van der Waals surface area contributed by atoms with Gasteiger partial charge in [-0.05, 0) is 18.2 Å². The van der Waals surface area contributed by atoms with Crippen LogP contribution in [0.3, 0.4) is 0 Å². The minimum Gasteiger partial charge on any atom is -0.405 e. The Morgan fingerprint density at radius 3 is 2.54 bits per heavy atom. The summed E-state index contributed by atoms with van der Waals surface area (Å²) in [6.45, 7) is 0. The third kappa shape index (κ3) is 3.92. The van der Waals surface area contributed by atoms with Crippen LogP contribution in [0.15, 0.2) is 61.2 Å². The summed E-state index contributed by atoms with van der Waals surface area (Å²) in [6, 6.07) is 11.6. The number of halogens is 3. The zero-order valence-corrected chi connectivity index (χ0v) is 12.5. The first-order valence-corrected chi connectivity index (χ1v) is 7.26. The molecule has 0 aliphatic rings. The maximum absolute atomic E-state index is 12.7. The molecule has 124 valence electrons. The van der Waals surface area contributed by atoms with Gasteiger partial charge in [0.2, 0.25) is 0 Å². The summed E-state index contributed by atoms with van der Waals surface area (Å²) in [5.74, 6) is -0.610. The number of nitrogens with one attached hydrogen (secondary N) is 1. The standard InChI is InChI=1S/C17H14F3N3O/c18-17(19,20)24-16-7-2-1-6-13(16)14(15-10-21-11-23-15)9-12-5-3-4-8-22-12/h1-8,10-11,14H,9H2,(H,21,23)/t14-/m0/s1. The Hall–Kier alpha value is -2.83. The second-order valence-electron chi connectivity index (χ2n) is 5.17. The second kappa shape index (κ2) is 6.74. The number of aromatic amines is 1. The van der Waals surface area contributed by atoms with E-state index < -0.39 is 6.36 Å². The monoisotopic (exact) mass is 333 g/mol. The maximum Gasteiger partial charge on any atom is 0.573 e. The first-order valence-electron chi connectivity index (χ1n) is 7.26. The number of para-hydroxylation sites is 1. The number of aromatic nitrogens is 3. The van der Waals surface area contributed by atoms with Gasteiger partial charge in [-0.25, -0.2) is 4.98 Å². The molecule has 0 bridgehead atoms. The van der Waals surface area contributed by atoms with Crippen molar-refractivity contribution in [1.82, 2.24) is 15.0 Å². The number of imidazole rings is 1. The van der Waals surface area contributed by atoms with Gasteiger partial charge in [-0.3, -0.25) is 4.98 Å². The Bertz CT molecular complexity index is 773. The van der Waals surface area contributed by atoms with Crippen LogP contribution in [0, 0.1) is 0 Å². The van der Waals surface area contributed by atoms with Crippen LogP contribution in [0.25, 0.3) is 0 Å². The van der Waals surface area contributed by atoms with Gasteiger partial charge in [0.25, 0.3) is 0 Å². The highest BCUT2D eigenvalue weighted by Crippen LogP contribution is 2.35. The van der Waals surface area contributed by atoms with E-state index in [0.29, 0.717) is 17.7 Å². The smallest absolute Gasteiger partial charge is 0.405 e. The van der Waals surface area contributed by atoms with Crippen LogP contribution in [-0.4, -0.2) is 21.3 Å². The van der Waals surface area contributed by atoms with E-state index in [4.69, 9.17) is 0 Å². The van der Waals surface area contributed by atoms with E-state index in [1.807, 2.05) is 12.1 Å². The van der Waals surface area contributed by atoms with Crippen LogP contribution in [0.1, 0.15) is 22.9 Å². The van der Waals surface area contributed by atoms with Crippen molar-refractivity contribution in [3.05, 3.63) is 78.1 Å². The lowest BCUT2D eigenvalue weighted by atomic mass is 9.90. The zero-order valence-electron chi connectivity index (χ0n) is 12.5. The Kier molecular flexibility index (Phi) is 4.50. The van der Waals surface area contributed by atoms with Gasteiger partial charge in [-0.2, -0.15) is 0 Å². The molecule has 0 saturated carbocycles. The fourth-order valence-electron chi connectivity index (χ4n) is 2.56. The maximum atomic E-state index is 12.7. The Balaban J connectivity index is 2.00. The van der Waals surface area contributed by atoms with Gasteiger partial charge in [0.15, 0.2) is 0 Å². The summed E-state index contributed by atoms with van der Waals surface area (Å²) >= 11 is 0. The fraction of sp³-hybridized carbons (Fsp3) is 0.176. The summed E-state index contributed by atoms with van der Waals surface area (Å²) in [4.78, 5) is 11.2. The third-order valence-corrected chi connectivity index (χ3v) is 3.55. The molecule has 3 rings (SSSR count). The highest BCUT2D eigenvalue weighted by Gasteiger charge is 2.33. The third-order valence-electron chi connectivity index (χ3n) is 3.55. The van der Waals surface area contributed by atoms with Crippen molar-refractivity contribution in [3.8, 4) is 5.75 Å². The summed E-state index contributed by atoms with van der Waals surface area (Å²) in [6.07, 6.45) is 0.407. The van der Waals surface area contributed by atoms with E-state index in [-0.39, 0.29) is 11.7 Å². The number of alkyl halides is 3. The summed E-state index contributed by atoms with van der Waals surface area (Å²) < 4.78 is 42.3. The van der Waals surface area contributed by atoms with Crippen molar-refractivity contribution < 1.29 is 17.9 Å². The van der Waals surface area contributed by atoms with Gasteiger partial charge in [-0.15, -0.1) is 13.2 Å².